The zero-order chi connectivity index (χ0) is 14.4. The van der Waals surface area contributed by atoms with Gasteiger partial charge in [-0.2, -0.15) is 5.26 Å². The molecule has 0 amide bonds. The molecule has 1 aromatic carbocycles. The van der Waals surface area contributed by atoms with E-state index < -0.39 is 0 Å². The summed E-state index contributed by atoms with van der Waals surface area (Å²) in [5, 5.41) is 14.9. The molecule has 0 aliphatic rings. The van der Waals surface area contributed by atoms with Crippen molar-refractivity contribution in [2.24, 2.45) is 0 Å². The van der Waals surface area contributed by atoms with Crippen molar-refractivity contribution in [3.05, 3.63) is 41.2 Å². The summed E-state index contributed by atoms with van der Waals surface area (Å²) in [6.45, 7) is 2.71. The summed E-state index contributed by atoms with van der Waals surface area (Å²) in [5.74, 6) is -0.241. The molecule has 1 aromatic heterocycles. The van der Waals surface area contributed by atoms with E-state index in [9.17, 15) is 4.39 Å². The monoisotopic (exact) mass is 289 g/mol. The summed E-state index contributed by atoms with van der Waals surface area (Å²) in [6, 6.07) is 8.72. The first kappa shape index (κ1) is 14.6. The fourth-order valence-electron chi connectivity index (χ4n) is 1.83. The lowest BCUT2D eigenvalue weighted by Gasteiger charge is -2.11. The lowest BCUT2D eigenvalue weighted by Crippen LogP contribution is -2.27. The van der Waals surface area contributed by atoms with E-state index in [1.165, 1.54) is 12.1 Å². The van der Waals surface area contributed by atoms with Gasteiger partial charge in [-0.05, 0) is 30.7 Å². The van der Waals surface area contributed by atoms with Gasteiger partial charge in [0.05, 0.1) is 18.2 Å². The Morgan fingerprint density at radius 1 is 1.40 bits per heavy atom. The van der Waals surface area contributed by atoms with Crippen molar-refractivity contribution in [3.8, 4) is 16.6 Å². The minimum Gasteiger partial charge on any atom is -0.307 e. The van der Waals surface area contributed by atoms with Crippen LogP contribution in [0.15, 0.2) is 29.6 Å². The number of benzene rings is 1. The number of hydrogen-bond donors (Lipinski definition) is 1. The van der Waals surface area contributed by atoms with Crippen molar-refractivity contribution < 1.29 is 4.39 Å². The van der Waals surface area contributed by atoms with Gasteiger partial charge in [0.2, 0.25) is 0 Å². The number of thiazole rings is 1. The predicted octanol–water partition coefficient (Wildman–Crippen LogP) is 3.73. The quantitative estimate of drug-likeness (QED) is 0.881. The number of hydrogen-bond acceptors (Lipinski definition) is 4. The van der Waals surface area contributed by atoms with Crippen molar-refractivity contribution >= 4 is 11.3 Å². The Bertz CT molecular complexity index is 586. The molecule has 0 aliphatic heterocycles. The van der Waals surface area contributed by atoms with E-state index in [-0.39, 0.29) is 11.9 Å². The van der Waals surface area contributed by atoms with Crippen molar-refractivity contribution in [1.29, 1.82) is 5.26 Å². The molecule has 104 valence electrons. The molecule has 1 N–H and O–H groups in total. The summed E-state index contributed by atoms with van der Waals surface area (Å²) in [5.41, 5.74) is 1.87. The lowest BCUT2D eigenvalue weighted by atomic mass is 10.1. The molecule has 0 saturated carbocycles. The van der Waals surface area contributed by atoms with Crippen molar-refractivity contribution in [2.75, 3.05) is 0 Å². The highest BCUT2D eigenvalue weighted by Crippen LogP contribution is 2.23. The third-order valence-electron chi connectivity index (χ3n) is 3.05. The first-order chi connectivity index (χ1) is 9.72. The summed E-state index contributed by atoms with van der Waals surface area (Å²) in [6.07, 6.45) is 1.42. The SMILES string of the molecule is CCC(CC#N)NCc1csc(-c2ccc(F)cc2)n1. The van der Waals surface area contributed by atoms with Crippen LogP contribution in [0.4, 0.5) is 4.39 Å². The molecule has 0 spiro atoms. The van der Waals surface area contributed by atoms with Gasteiger partial charge in [-0.3, -0.25) is 0 Å². The second-order valence-corrected chi connectivity index (χ2v) is 5.36. The fraction of sp³-hybridized carbons (Fsp3) is 0.333. The van der Waals surface area contributed by atoms with Crippen LogP contribution < -0.4 is 5.32 Å². The second-order valence-electron chi connectivity index (χ2n) is 4.50. The van der Waals surface area contributed by atoms with Crippen molar-refractivity contribution in [3.63, 3.8) is 0 Å². The highest BCUT2D eigenvalue weighted by molar-refractivity contribution is 7.13. The largest absolute Gasteiger partial charge is 0.307 e. The number of rotatable bonds is 6. The standard InChI is InChI=1S/C15H16FN3S/c1-2-13(7-8-17)18-9-14-10-20-15(19-14)11-3-5-12(16)6-4-11/h3-6,10,13,18H,2,7,9H2,1H3. The number of nitrogens with one attached hydrogen (secondary N) is 1. The molecule has 0 saturated heterocycles. The minimum absolute atomic E-state index is 0.205. The molecule has 0 bridgehead atoms. The topological polar surface area (TPSA) is 48.7 Å². The molecule has 0 radical (unpaired) electrons. The van der Waals surface area contributed by atoms with Gasteiger partial charge in [-0.25, -0.2) is 9.37 Å². The first-order valence-electron chi connectivity index (χ1n) is 6.53. The van der Waals surface area contributed by atoms with Crippen LogP contribution in [-0.4, -0.2) is 11.0 Å². The maximum Gasteiger partial charge on any atom is 0.123 e. The van der Waals surface area contributed by atoms with E-state index in [4.69, 9.17) is 5.26 Å². The van der Waals surface area contributed by atoms with Gasteiger partial charge in [0.1, 0.15) is 10.8 Å². The van der Waals surface area contributed by atoms with Gasteiger partial charge in [0.15, 0.2) is 0 Å². The van der Waals surface area contributed by atoms with Crippen LogP contribution in [0.1, 0.15) is 25.5 Å². The molecule has 0 fully saturated rings. The Hall–Kier alpha value is -1.77. The van der Waals surface area contributed by atoms with Crippen LogP contribution >= 0.6 is 11.3 Å². The molecular weight excluding hydrogens is 273 g/mol. The van der Waals surface area contributed by atoms with Crippen LogP contribution in [0, 0.1) is 17.1 Å². The Balaban J connectivity index is 1.99. The van der Waals surface area contributed by atoms with Crippen LogP contribution in [0.2, 0.25) is 0 Å². The maximum atomic E-state index is 12.9. The van der Waals surface area contributed by atoms with E-state index in [0.717, 1.165) is 22.7 Å². The second kappa shape index (κ2) is 7.13. The molecular formula is C15H16FN3S. The molecule has 2 aromatic rings. The zero-order valence-corrected chi connectivity index (χ0v) is 12.1. The van der Waals surface area contributed by atoms with Gasteiger partial charge >= 0.3 is 0 Å². The Morgan fingerprint density at radius 2 is 2.15 bits per heavy atom. The van der Waals surface area contributed by atoms with Gasteiger partial charge in [0, 0.05) is 23.5 Å². The third kappa shape index (κ3) is 3.86. The normalized spacial score (nSPS) is 12.1. The fourth-order valence-corrected chi connectivity index (χ4v) is 2.66. The van der Waals surface area contributed by atoms with E-state index in [1.807, 2.05) is 5.38 Å². The van der Waals surface area contributed by atoms with Crippen molar-refractivity contribution in [1.82, 2.24) is 10.3 Å². The summed E-state index contributed by atoms with van der Waals surface area (Å²) >= 11 is 1.54. The Kier molecular flexibility index (Phi) is 5.22. The number of nitriles is 1. The highest BCUT2D eigenvalue weighted by atomic mass is 32.1. The van der Waals surface area contributed by atoms with E-state index in [1.54, 1.807) is 23.5 Å². The van der Waals surface area contributed by atoms with Crippen LogP contribution in [0.25, 0.3) is 10.6 Å². The summed E-state index contributed by atoms with van der Waals surface area (Å²) in [7, 11) is 0. The third-order valence-corrected chi connectivity index (χ3v) is 3.99. The predicted molar refractivity (Wildman–Crippen MR) is 78.7 cm³/mol. The Labute approximate surface area is 122 Å². The van der Waals surface area contributed by atoms with Gasteiger partial charge in [0.25, 0.3) is 0 Å². The molecule has 1 unspecified atom stereocenters. The Morgan fingerprint density at radius 3 is 2.80 bits per heavy atom. The molecule has 1 heterocycles. The average Bonchev–Trinajstić information content (AvgIpc) is 2.93. The van der Waals surface area contributed by atoms with Crippen LogP contribution in [0.3, 0.4) is 0 Å². The molecule has 5 heteroatoms. The molecule has 0 aliphatic carbocycles. The summed E-state index contributed by atoms with van der Waals surface area (Å²) < 4.78 is 12.9. The van der Waals surface area contributed by atoms with Gasteiger partial charge in [-0.15, -0.1) is 11.3 Å². The van der Waals surface area contributed by atoms with Crippen LogP contribution in [-0.2, 0) is 6.54 Å². The number of halogens is 1. The lowest BCUT2D eigenvalue weighted by molar-refractivity contribution is 0.501. The smallest absolute Gasteiger partial charge is 0.123 e. The molecule has 3 nitrogen and oxygen atoms in total. The highest BCUT2D eigenvalue weighted by Gasteiger charge is 2.08. The maximum absolute atomic E-state index is 12.9. The zero-order valence-electron chi connectivity index (χ0n) is 11.3. The average molecular weight is 289 g/mol. The molecule has 2 rings (SSSR count). The molecule has 20 heavy (non-hydrogen) atoms. The van der Waals surface area contributed by atoms with Gasteiger partial charge < -0.3 is 5.32 Å². The number of nitrogens with zero attached hydrogens (tertiary/aromatic N) is 2. The number of aromatic nitrogens is 1. The minimum atomic E-state index is -0.241. The van der Waals surface area contributed by atoms with E-state index >= 15 is 0 Å². The summed E-state index contributed by atoms with van der Waals surface area (Å²) in [4.78, 5) is 4.53. The van der Waals surface area contributed by atoms with Gasteiger partial charge in [-0.1, -0.05) is 6.92 Å². The molecule has 1 atom stereocenters. The van der Waals surface area contributed by atoms with E-state index in [0.29, 0.717) is 13.0 Å². The van der Waals surface area contributed by atoms with E-state index in [2.05, 4.69) is 23.3 Å². The van der Waals surface area contributed by atoms with Crippen LogP contribution in [0.5, 0.6) is 0 Å². The van der Waals surface area contributed by atoms with Crippen molar-refractivity contribution in [2.45, 2.75) is 32.4 Å². The first-order valence-corrected chi connectivity index (χ1v) is 7.41.